The zero-order valence-corrected chi connectivity index (χ0v) is 17.7. The van der Waals surface area contributed by atoms with Gasteiger partial charge in [-0.1, -0.05) is 24.3 Å². The maximum absolute atomic E-state index is 9.58. The van der Waals surface area contributed by atoms with E-state index in [2.05, 4.69) is 34.1 Å². The first-order valence-corrected chi connectivity index (χ1v) is 10.7. The van der Waals surface area contributed by atoms with Crippen LogP contribution in [0.4, 0.5) is 0 Å². The van der Waals surface area contributed by atoms with Gasteiger partial charge in [0.25, 0.3) is 0 Å². The van der Waals surface area contributed by atoms with Crippen molar-refractivity contribution in [3.8, 4) is 11.5 Å². The smallest absolute Gasteiger partial charge is 0.119 e. The van der Waals surface area contributed by atoms with Crippen molar-refractivity contribution < 1.29 is 14.6 Å². The largest absolute Gasteiger partial charge is 0.494 e. The SMILES string of the molecule is CCOc1ccc(CN2CCN(Cc3ccc(OCC)cc3)[C@@H](CCO)C2)cc1. The number of nitrogens with zero attached hydrogens (tertiary/aromatic N) is 2. The molecule has 1 saturated heterocycles. The summed E-state index contributed by atoms with van der Waals surface area (Å²) in [4.78, 5) is 4.99. The van der Waals surface area contributed by atoms with E-state index in [0.29, 0.717) is 19.3 Å². The first kappa shape index (κ1) is 21.6. The van der Waals surface area contributed by atoms with Gasteiger partial charge in [-0.05, 0) is 55.7 Å². The lowest BCUT2D eigenvalue weighted by Gasteiger charge is -2.41. The highest BCUT2D eigenvalue weighted by atomic mass is 16.5. The summed E-state index contributed by atoms with van der Waals surface area (Å²) in [5.74, 6) is 1.85. The van der Waals surface area contributed by atoms with E-state index in [4.69, 9.17) is 9.47 Å². The molecule has 1 aliphatic heterocycles. The van der Waals surface area contributed by atoms with Crippen LogP contribution in [0, 0.1) is 0 Å². The van der Waals surface area contributed by atoms with Gasteiger partial charge in [-0.15, -0.1) is 0 Å². The summed E-state index contributed by atoms with van der Waals surface area (Å²) >= 11 is 0. The molecule has 0 aromatic heterocycles. The van der Waals surface area contributed by atoms with Gasteiger partial charge in [-0.2, -0.15) is 0 Å². The van der Waals surface area contributed by atoms with Crippen molar-refractivity contribution in [3.63, 3.8) is 0 Å². The summed E-state index contributed by atoms with van der Waals surface area (Å²) in [5, 5.41) is 9.58. The molecule has 1 atom stereocenters. The molecule has 0 bridgehead atoms. The van der Waals surface area contributed by atoms with Crippen LogP contribution in [0.15, 0.2) is 48.5 Å². The number of aliphatic hydroxyl groups excluding tert-OH is 1. The molecule has 0 aliphatic carbocycles. The average molecular weight is 399 g/mol. The van der Waals surface area contributed by atoms with E-state index in [9.17, 15) is 5.11 Å². The minimum absolute atomic E-state index is 0.224. The molecular weight excluding hydrogens is 364 g/mol. The number of ether oxygens (including phenoxy) is 2. The van der Waals surface area contributed by atoms with Crippen LogP contribution in [-0.4, -0.2) is 60.4 Å². The molecule has 29 heavy (non-hydrogen) atoms. The van der Waals surface area contributed by atoms with Gasteiger partial charge in [0, 0.05) is 45.4 Å². The molecule has 0 amide bonds. The van der Waals surface area contributed by atoms with Gasteiger partial charge >= 0.3 is 0 Å². The Labute approximate surface area is 174 Å². The van der Waals surface area contributed by atoms with Gasteiger partial charge in [-0.3, -0.25) is 9.80 Å². The molecule has 3 rings (SSSR count). The normalized spacial score (nSPS) is 18.0. The van der Waals surface area contributed by atoms with E-state index in [-0.39, 0.29) is 6.61 Å². The maximum Gasteiger partial charge on any atom is 0.119 e. The molecule has 1 fully saturated rings. The molecule has 5 heteroatoms. The van der Waals surface area contributed by atoms with Crippen LogP contribution in [0.25, 0.3) is 0 Å². The van der Waals surface area contributed by atoms with Crippen molar-refractivity contribution in [2.75, 3.05) is 39.5 Å². The molecule has 2 aromatic carbocycles. The van der Waals surface area contributed by atoms with E-state index in [1.807, 2.05) is 38.1 Å². The fraction of sp³-hybridized carbons (Fsp3) is 0.500. The number of rotatable bonds is 10. The predicted molar refractivity (Wildman–Crippen MR) is 116 cm³/mol. The number of hydrogen-bond acceptors (Lipinski definition) is 5. The molecule has 158 valence electrons. The molecule has 0 spiro atoms. The zero-order valence-electron chi connectivity index (χ0n) is 17.7. The van der Waals surface area contributed by atoms with E-state index in [0.717, 1.165) is 50.6 Å². The van der Waals surface area contributed by atoms with Gasteiger partial charge in [0.15, 0.2) is 0 Å². The molecule has 2 aromatic rings. The molecule has 0 radical (unpaired) electrons. The number of piperazine rings is 1. The summed E-state index contributed by atoms with van der Waals surface area (Å²) in [6, 6.07) is 17.1. The summed E-state index contributed by atoms with van der Waals surface area (Å²) in [7, 11) is 0. The molecule has 0 saturated carbocycles. The Kier molecular flexibility index (Phi) is 8.35. The van der Waals surface area contributed by atoms with Gasteiger partial charge in [0.05, 0.1) is 13.2 Å². The van der Waals surface area contributed by atoms with Crippen molar-refractivity contribution in [1.82, 2.24) is 9.80 Å². The van der Waals surface area contributed by atoms with Crippen molar-refractivity contribution in [3.05, 3.63) is 59.7 Å². The fourth-order valence-corrected chi connectivity index (χ4v) is 3.94. The molecule has 5 nitrogen and oxygen atoms in total. The quantitative estimate of drug-likeness (QED) is 0.663. The molecule has 0 unspecified atom stereocenters. The Balaban J connectivity index is 1.57. The first-order valence-electron chi connectivity index (χ1n) is 10.7. The highest BCUT2D eigenvalue weighted by Gasteiger charge is 2.26. The first-order chi connectivity index (χ1) is 14.2. The van der Waals surface area contributed by atoms with Crippen molar-refractivity contribution in [2.24, 2.45) is 0 Å². The minimum Gasteiger partial charge on any atom is -0.494 e. The molecule has 1 heterocycles. The Morgan fingerprint density at radius 3 is 1.90 bits per heavy atom. The third-order valence-electron chi connectivity index (χ3n) is 5.41. The van der Waals surface area contributed by atoms with E-state index in [1.54, 1.807) is 0 Å². The second-order valence-corrected chi connectivity index (χ2v) is 7.53. The topological polar surface area (TPSA) is 45.2 Å². The maximum atomic E-state index is 9.58. The van der Waals surface area contributed by atoms with Crippen molar-refractivity contribution in [2.45, 2.75) is 39.4 Å². The third kappa shape index (κ3) is 6.46. The highest BCUT2D eigenvalue weighted by molar-refractivity contribution is 5.28. The Morgan fingerprint density at radius 2 is 1.38 bits per heavy atom. The Morgan fingerprint density at radius 1 is 0.828 bits per heavy atom. The van der Waals surface area contributed by atoms with Crippen LogP contribution < -0.4 is 9.47 Å². The molecule has 1 aliphatic rings. The fourth-order valence-electron chi connectivity index (χ4n) is 3.94. The summed E-state index contributed by atoms with van der Waals surface area (Å²) < 4.78 is 11.1. The van der Waals surface area contributed by atoms with Crippen LogP contribution in [0.2, 0.25) is 0 Å². The summed E-state index contributed by atoms with van der Waals surface area (Å²) in [5.41, 5.74) is 2.59. The van der Waals surface area contributed by atoms with Crippen molar-refractivity contribution >= 4 is 0 Å². The van der Waals surface area contributed by atoms with Crippen LogP contribution >= 0.6 is 0 Å². The van der Waals surface area contributed by atoms with Gasteiger partial charge < -0.3 is 14.6 Å². The predicted octanol–water partition coefficient (Wildman–Crippen LogP) is 3.55. The zero-order chi connectivity index (χ0) is 20.5. The van der Waals surface area contributed by atoms with E-state index >= 15 is 0 Å². The number of hydrogen-bond donors (Lipinski definition) is 1. The second kappa shape index (κ2) is 11.2. The van der Waals surface area contributed by atoms with E-state index in [1.165, 1.54) is 11.1 Å². The monoisotopic (exact) mass is 398 g/mol. The standard InChI is InChI=1S/C24H34N2O3/c1-3-28-23-9-5-20(6-10-23)17-25-14-15-26(22(19-25)13-16-27)18-21-7-11-24(12-8-21)29-4-2/h5-12,22,27H,3-4,13-19H2,1-2H3/t22-/m0/s1. The summed E-state index contributed by atoms with van der Waals surface area (Å²) in [6.07, 6.45) is 0.802. The lowest BCUT2D eigenvalue weighted by molar-refractivity contribution is 0.0499. The van der Waals surface area contributed by atoms with Crippen molar-refractivity contribution in [1.29, 1.82) is 0 Å². The average Bonchev–Trinajstić information content (AvgIpc) is 2.73. The third-order valence-corrected chi connectivity index (χ3v) is 5.41. The van der Waals surface area contributed by atoms with Gasteiger partial charge in [0.2, 0.25) is 0 Å². The molecular formula is C24H34N2O3. The lowest BCUT2D eigenvalue weighted by atomic mass is 10.1. The minimum atomic E-state index is 0.224. The van der Waals surface area contributed by atoms with Crippen LogP contribution in [0.1, 0.15) is 31.4 Å². The Hall–Kier alpha value is -2.08. The Bertz CT molecular complexity index is 718. The van der Waals surface area contributed by atoms with Crippen LogP contribution in [-0.2, 0) is 13.1 Å². The molecule has 1 N–H and O–H groups in total. The summed E-state index contributed by atoms with van der Waals surface area (Å²) in [6.45, 7) is 10.5. The number of benzene rings is 2. The lowest BCUT2D eigenvalue weighted by Crippen LogP contribution is -2.52. The van der Waals surface area contributed by atoms with E-state index < -0.39 is 0 Å². The van der Waals surface area contributed by atoms with Crippen LogP contribution in [0.5, 0.6) is 11.5 Å². The highest BCUT2D eigenvalue weighted by Crippen LogP contribution is 2.21. The van der Waals surface area contributed by atoms with Gasteiger partial charge in [-0.25, -0.2) is 0 Å². The van der Waals surface area contributed by atoms with Crippen LogP contribution in [0.3, 0.4) is 0 Å². The number of aliphatic hydroxyl groups is 1. The van der Waals surface area contributed by atoms with Gasteiger partial charge in [0.1, 0.15) is 11.5 Å². The second-order valence-electron chi connectivity index (χ2n) is 7.53.